The number of H-pyrrole nitrogens is 2. The van der Waals surface area contributed by atoms with Gasteiger partial charge >= 0.3 is 18.2 Å². The number of aromatic nitrogens is 4. The van der Waals surface area contributed by atoms with Gasteiger partial charge in [-0.25, -0.2) is 24.6 Å². The van der Waals surface area contributed by atoms with Crippen molar-refractivity contribution in [1.82, 2.24) is 26.5 Å². The van der Waals surface area contributed by atoms with Gasteiger partial charge in [-0.1, -0.05) is 48.5 Å². The Kier molecular flexibility index (Phi) is 16.5. The van der Waals surface area contributed by atoms with Crippen LogP contribution < -0.4 is 51.8 Å². The minimum atomic E-state index is -1.08. The number of hydrogen-bond acceptors (Lipinski definition) is 13. The standard InChI is InChI=1S/C25H20N4O5.C25H19N3O6.CH3F.ClH.H3N/c26-22(30)14-33-18-10-5-15-11-12-29(21(15)13-18)25(32)34-17-8-6-16(7-9-17)23-19-3-1-2-4-20(19)24(31)28-27-23;29-22(30)14-33-18-10-5-15-11-12-28(21(15)13-18)25(32)34-17-8-6-16(7-9-17)23-19-3-1-2-4-20(19)24(31)27-26-23;1-2;;/h1-10,13H,11-12,14H2,(H2,26,30)(H,28,31);1-10,13H,11-12,14H2,(H,27,31)(H,29,30);1H3;1H;1H3/i;;1D;;. The number of amides is 3. The molecule has 2 aliphatic rings. The molecule has 72 heavy (non-hydrogen) atoms. The van der Waals surface area contributed by atoms with Gasteiger partial charge in [0.2, 0.25) is 0 Å². The first kappa shape index (κ1) is 50.7. The molecular weight excluding hydrogens is 955 g/mol. The largest absolute Gasteiger partial charge is 0.484 e. The molecule has 3 amide bonds. The van der Waals surface area contributed by atoms with E-state index in [2.05, 4.69) is 20.4 Å². The van der Waals surface area contributed by atoms with Crippen molar-refractivity contribution < 1.29 is 49.0 Å². The maximum atomic E-state index is 12.9. The Hall–Kier alpha value is -9.14. The van der Waals surface area contributed by atoms with Crippen LogP contribution in [0.15, 0.2) is 143 Å². The predicted molar refractivity (Wildman–Crippen MR) is 270 cm³/mol. The maximum absolute atomic E-state index is 12.9. The summed E-state index contributed by atoms with van der Waals surface area (Å²) in [4.78, 5) is 74.5. The Morgan fingerprint density at radius 1 is 0.625 bits per heavy atom. The molecule has 0 unspecified atom stereocenters. The van der Waals surface area contributed by atoms with Crippen LogP contribution in [-0.2, 0) is 22.4 Å². The van der Waals surface area contributed by atoms with Gasteiger partial charge in [-0.2, -0.15) is 10.2 Å². The van der Waals surface area contributed by atoms with Gasteiger partial charge in [-0.05, 0) is 96.8 Å². The number of nitrogens with two attached hydrogens (primary N) is 1. The van der Waals surface area contributed by atoms with Gasteiger partial charge in [0, 0.05) is 47.1 Å². The van der Waals surface area contributed by atoms with Crippen molar-refractivity contribution in [3.63, 3.8) is 0 Å². The molecule has 0 bridgehead atoms. The fourth-order valence-corrected chi connectivity index (χ4v) is 7.92. The molecule has 2 aliphatic heterocycles. The summed E-state index contributed by atoms with van der Waals surface area (Å²) in [6.07, 6.45) is 0.276. The SMILES string of the molecule is Cl.N.NC(=O)COc1ccc2c(c1)N(C(=O)Oc1ccc(-c3n[nH]c(=O)c4ccccc34)cc1)CC2.O=C(O)COc1ccc2c(c1)N(C(=O)Oc1ccc(-c3n[nH]c(=O)c4ccccc34)cc1)CC2.[2H]CF. The maximum Gasteiger partial charge on any atom is 0.419 e. The Bertz CT molecular complexity index is 3190. The minimum absolute atomic E-state index is 0. The zero-order chi connectivity index (χ0) is 50.0. The Morgan fingerprint density at radius 2 is 1.00 bits per heavy atom. The molecule has 8 N–H and O–H groups in total. The molecule has 0 atom stereocenters. The lowest BCUT2D eigenvalue weighted by molar-refractivity contribution is -0.139. The van der Waals surface area contributed by atoms with Crippen molar-refractivity contribution in [3.05, 3.63) is 165 Å². The average molecular weight is 1000 g/mol. The highest BCUT2D eigenvalue weighted by atomic mass is 35.5. The fourth-order valence-electron chi connectivity index (χ4n) is 7.92. The van der Waals surface area contributed by atoms with Crippen LogP contribution in [0.1, 0.15) is 12.5 Å². The van der Waals surface area contributed by atoms with Gasteiger partial charge in [-0.3, -0.25) is 28.6 Å². The molecular formula is C51H46ClFN8O11. The first-order valence-corrected chi connectivity index (χ1v) is 21.4. The summed E-state index contributed by atoms with van der Waals surface area (Å²) < 4.78 is 37.2. The van der Waals surface area contributed by atoms with Gasteiger partial charge in [0.05, 0.1) is 42.1 Å². The van der Waals surface area contributed by atoms with Crippen molar-refractivity contribution in [3.8, 4) is 45.5 Å². The summed E-state index contributed by atoms with van der Waals surface area (Å²) in [5.74, 6) is -0.116. The van der Waals surface area contributed by atoms with E-state index >= 15 is 0 Å². The van der Waals surface area contributed by atoms with Crippen LogP contribution in [0.2, 0.25) is 0 Å². The van der Waals surface area contributed by atoms with Crippen molar-refractivity contribution in [2.24, 2.45) is 5.73 Å². The number of halogens is 2. The van der Waals surface area contributed by atoms with Gasteiger partial charge in [0.15, 0.2) is 13.2 Å². The zero-order valence-electron chi connectivity index (χ0n) is 39.0. The number of alkyl halides is 1. The number of anilines is 2. The number of hydrogen-bond donors (Lipinski definition) is 5. The summed E-state index contributed by atoms with van der Waals surface area (Å²) in [7, 11) is -1.00. The third kappa shape index (κ3) is 11.6. The third-order valence-corrected chi connectivity index (χ3v) is 11.1. The Morgan fingerprint density at radius 3 is 1.39 bits per heavy atom. The van der Waals surface area contributed by atoms with E-state index in [1.807, 2.05) is 36.4 Å². The van der Waals surface area contributed by atoms with E-state index in [1.165, 1.54) is 9.80 Å². The van der Waals surface area contributed by atoms with Crippen LogP contribution in [0.25, 0.3) is 44.1 Å². The second-order valence-corrected chi connectivity index (χ2v) is 15.5. The summed E-state index contributed by atoms with van der Waals surface area (Å²) >= 11 is 0. The molecule has 0 aliphatic carbocycles. The van der Waals surface area contributed by atoms with Gasteiger partial charge in [0.25, 0.3) is 17.0 Å². The number of benzene rings is 6. The second kappa shape index (κ2) is 23.4. The van der Waals surface area contributed by atoms with Crippen LogP contribution in [0.3, 0.4) is 0 Å². The number of carbonyl (C=O) groups is 4. The Labute approximate surface area is 416 Å². The molecule has 2 aromatic heterocycles. The first-order valence-electron chi connectivity index (χ1n) is 22.1. The van der Waals surface area contributed by atoms with Crippen LogP contribution in [0, 0.1) is 0 Å². The van der Waals surface area contributed by atoms with Crippen molar-refractivity contribution in [2.75, 3.05) is 43.3 Å². The van der Waals surface area contributed by atoms with Crippen molar-refractivity contribution in [1.29, 1.82) is 0 Å². The first-order chi connectivity index (χ1) is 34.4. The lowest BCUT2D eigenvalue weighted by Gasteiger charge is -2.17. The fraction of sp³-hybridized carbons (Fsp3) is 0.137. The van der Waals surface area contributed by atoms with Crippen molar-refractivity contribution >= 4 is 69.4 Å². The van der Waals surface area contributed by atoms with Crippen LogP contribution in [-0.4, -0.2) is 83.0 Å². The number of primary amides is 1. The van der Waals surface area contributed by atoms with Crippen LogP contribution >= 0.6 is 12.4 Å². The molecule has 0 spiro atoms. The lowest BCUT2D eigenvalue weighted by Crippen LogP contribution is -2.31. The third-order valence-electron chi connectivity index (χ3n) is 11.1. The highest BCUT2D eigenvalue weighted by Gasteiger charge is 2.28. The van der Waals surface area contributed by atoms with E-state index in [0.29, 0.717) is 82.5 Å². The average Bonchev–Trinajstić information content (AvgIpc) is 4.01. The molecule has 10 rings (SSSR count). The van der Waals surface area contributed by atoms with E-state index in [-0.39, 0.29) is 36.3 Å². The second-order valence-electron chi connectivity index (χ2n) is 15.5. The number of rotatable bonds is 10. The molecule has 0 radical (unpaired) electrons. The zero-order valence-corrected chi connectivity index (χ0v) is 38.9. The number of fused-ring (bicyclic) bond motifs is 4. The van der Waals surface area contributed by atoms with Crippen molar-refractivity contribution in [2.45, 2.75) is 12.8 Å². The molecule has 21 heteroatoms. The van der Waals surface area contributed by atoms with E-state index < -0.39 is 37.8 Å². The molecule has 19 nitrogen and oxygen atoms in total. The van der Waals surface area contributed by atoms with Gasteiger partial charge in [-0.15, -0.1) is 12.4 Å². The quantitative estimate of drug-likeness (QED) is 0.0874. The molecule has 8 aromatic rings. The lowest BCUT2D eigenvalue weighted by atomic mass is 10.1. The number of nitrogens with one attached hydrogen (secondary N) is 2. The number of aliphatic carboxylic acids is 1. The highest BCUT2D eigenvalue weighted by molar-refractivity contribution is 5.96. The van der Waals surface area contributed by atoms with E-state index in [1.54, 1.807) is 97.1 Å². The molecule has 4 heterocycles. The number of carboxylic acid groups (broad SMARTS) is 1. The summed E-state index contributed by atoms with van der Waals surface area (Å²) in [5, 5.41) is 24.8. The number of carboxylic acids is 1. The van der Waals surface area contributed by atoms with Gasteiger partial charge < -0.3 is 35.9 Å². The normalized spacial score (nSPS) is 12.0. The van der Waals surface area contributed by atoms with Gasteiger partial charge in [0.1, 0.15) is 23.0 Å². The van der Waals surface area contributed by atoms with E-state index in [4.69, 9.17) is 31.2 Å². The molecule has 6 aromatic carbocycles. The molecule has 0 saturated heterocycles. The van der Waals surface area contributed by atoms with E-state index in [9.17, 15) is 33.2 Å². The van der Waals surface area contributed by atoms with E-state index in [0.717, 1.165) is 33.0 Å². The molecule has 0 fully saturated rings. The van der Waals surface area contributed by atoms with Crippen LogP contribution in [0.5, 0.6) is 23.0 Å². The number of aromatic amines is 2. The number of carbonyl (C=O) groups excluding carboxylic acids is 3. The summed E-state index contributed by atoms with van der Waals surface area (Å²) in [6.45, 7) is 0.213. The monoisotopic (exact) mass is 1000 g/mol. The van der Waals surface area contributed by atoms with Crippen LogP contribution in [0.4, 0.5) is 25.4 Å². The number of ether oxygens (including phenoxy) is 4. The smallest absolute Gasteiger partial charge is 0.419 e. The predicted octanol–water partition coefficient (Wildman–Crippen LogP) is 7.80. The minimum Gasteiger partial charge on any atom is -0.484 e. The Balaban J connectivity index is 0.000000220. The highest BCUT2D eigenvalue weighted by Crippen LogP contribution is 2.35. The molecule has 370 valence electrons. The number of nitrogens with zero attached hydrogens (tertiary/aromatic N) is 4. The summed E-state index contributed by atoms with van der Waals surface area (Å²) in [5.41, 5.74) is 10.6. The summed E-state index contributed by atoms with van der Waals surface area (Å²) in [6, 6.07) is 38.7. The molecule has 0 saturated carbocycles. The topological polar surface area (TPSA) is 284 Å².